The van der Waals surface area contributed by atoms with Crippen LogP contribution in [0.25, 0.3) is 0 Å². The van der Waals surface area contributed by atoms with Crippen LogP contribution in [0.4, 0.5) is 0 Å². The largest absolute Gasteiger partial charge is 0.378 e. The van der Waals surface area contributed by atoms with Crippen LogP contribution in [-0.2, 0) is 27.8 Å². The highest BCUT2D eigenvalue weighted by Gasteiger charge is 2.10. The molecule has 0 bridgehead atoms. The van der Waals surface area contributed by atoms with Crippen LogP contribution in [-0.4, -0.2) is 36.4 Å². The van der Waals surface area contributed by atoms with Gasteiger partial charge in [0.2, 0.25) is 10.0 Å². The second-order valence-electron chi connectivity index (χ2n) is 5.61. The highest BCUT2D eigenvalue weighted by Crippen LogP contribution is 2.08. The lowest BCUT2D eigenvalue weighted by Gasteiger charge is -2.10. The Morgan fingerprint density at radius 3 is 2.78 bits per heavy atom. The number of nitrogens with one attached hydrogen (secondary N) is 1. The molecule has 126 valence electrons. The number of rotatable bonds is 9. The third kappa shape index (κ3) is 6.52. The van der Waals surface area contributed by atoms with Crippen molar-refractivity contribution in [2.75, 3.05) is 12.4 Å². The number of sulfonamides is 1. The van der Waals surface area contributed by atoms with E-state index in [1.165, 1.54) is 0 Å². The molecular formula is C16H23N3O3S. The summed E-state index contributed by atoms with van der Waals surface area (Å²) in [5.74, 6) is -0.0279. The molecule has 7 heteroatoms. The first kappa shape index (κ1) is 17.7. The Hall–Kier alpha value is -1.70. The van der Waals surface area contributed by atoms with E-state index in [-0.39, 0.29) is 25.0 Å². The van der Waals surface area contributed by atoms with E-state index in [0.29, 0.717) is 6.54 Å². The molecule has 2 rings (SSSR count). The van der Waals surface area contributed by atoms with E-state index >= 15 is 0 Å². The van der Waals surface area contributed by atoms with Gasteiger partial charge in [0.1, 0.15) is 0 Å². The minimum absolute atomic E-state index is 0.0279. The topological polar surface area (TPSA) is 73.2 Å². The van der Waals surface area contributed by atoms with E-state index in [9.17, 15) is 8.42 Å². The third-order valence-electron chi connectivity index (χ3n) is 3.22. The predicted molar refractivity (Wildman–Crippen MR) is 89.5 cm³/mol. The molecule has 0 aliphatic heterocycles. The van der Waals surface area contributed by atoms with Gasteiger partial charge in [-0.25, -0.2) is 18.1 Å². The zero-order valence-corrected chi connectivity index (χ0v) is 14.3. The minimum Gasteiger partial charge on any atom is -0.378 e. The van der Waals surface area contributed by atoms with E-state index in [0.717, 1.165) is 11.1 Å². The van der Waals surface area contributed by atoms with Crippen LogP contribution in [0.3, 0.4) is 0 Å². The van der Waals surface area contributed by atoms with Gasteiger partial charge in [0.25, 0.3) is 0 Å². The van der Waals surface area contributed by atoms with Gasteiger partial charge in [-0.05, 0) is 25.0 Å². The SMILES string of the molecule is CC(C)OCCS(=O)(=O)NCc1cccc(Cn2ccnc2)c1. The summed E-state index contributed by atoms with van der Waals surface area (Å²) in [5, 5.41) is 0. The van der Waals surface area contributed by atoms with Crippen LogP contribution in [0.2, 0.25) is 0 Å². The van der Waals surface area contributed by atoms with Gasteiger partial charge in [0.15, 0.2) is 0 Å². The molecule has 23 heavy (non-hydrogen) atoms. The summed E-state index contributed by atoms with van der Waals surface area (Å²) in [6.07, 6.45) is 5.41. The summed E-state index contributed by atoms with van der Waals surface area (Å²) in [6, 6.07) is 7.84. The highest BCUT2D eigenvalue weighted by molar-refractivity contribution is 7.89. The standard InChI is InChI=1S/C16H23N3O3S/c1-14(2)22-8-9-23(20,21)18-11-15-4-3-5-16(10-15)12-19-7-6-17-13-19/h3-7,10,13-14,18H,8-9,11-12H2,1-2H3. The fourth-order valence-electron chi connectivity index (χ4n) is 2.09. The van der Waals surface area contributed by atoms with Gasteiger partial charge in [-0.2, -0.15) is 0 Å². The Bertz CT molecular complexity index is 697. The van der Waals surface area contributed by atoms with Crippen molar-refractivity contribution in [1.29, 1.82) is 0 Å². The molecule has 0 aliphatic rings. The van der Waals surface area contributed by atoms with Gasteiger partial charge >= 0.3 is 0 Å². The van der Waals surface area contributed by atoms with E-state index < -0.39 is 10.0 Å². The quantitative estimate of drug-likeness (QED) is 0.757. The van der Waals surface area contributed by atoms with Gasteiger partial charge in [0.05, 0.1) is 24.8 Å². The monoisotopic (exact) mass is 337 g/mol. The van der Waals surface area contributed by atoms with Crippen LogP contribution in [0, 0.1) is 0 Å². The van der Waals surface area contributed by atoms with E-state index in [2.05, 4.69) is 9.71 Å². The molecule has 0 atom stereocenters. The number of hydrogen-bond donors (Lipinski definition) is 1. The Labute approximate surface area is 137 Å². The molecule has 0 fully saturated rings. The van der Waals surface area contributed by atoms with Crippen molar-refractivity contribution in [3.05, 3.63) is 54.1 Å². The van der Waals surface area contributed by atoms with Crippen molar-refractivity contribution in [1.82, 2.24) is 14.3 Å². The van der Waals surface area contributed by atoms with E-state index in [1.54, 1.807) is 12.5 Å². The summed E-state index contributed by atoms with van der Waals surface area (Å²) >= 11 is 0. The minimum atomic E-state index is -3.33. The predicted octanol–water partition coefficient (Wildman–Crippen LogP) is 1.78. The normalized spacial score (nSPS) is 12.0. The molecular weight excluding hydrogens is 314 g/mol. The van der Waals surface area contributed by atoms with Crippen molar-refractivity contribution < 1.29 is 13.2 Å². The number of nitrogens with zero attached hydrogens (tertiary/aromatic N) is 2. The van der Waals surface area contributed by atoms with Gasteiger partial charge in [-0.3, -0.25) is 0 Å². The summed E-state index contributed by atoms with van der Waals surface area (Å²) in [4.78, 5) is 4.01. The summed E-state index contributed by atoms with van der Waals surface area (Å²) in [7, 11) is -3.33. The number of aromatic nitrogens is 2. The van der Waals surface area contributed by atoms with Crippen molar-refractivity contribution in [3.63, 3.8) is 0 Å². The van der Waals surface area contributed by atoms with Crippen LogP contribution < -0.4 is 4.72 Å². The van der Waals surface area contributed by atoms with Crippen LogP contribution in [0.5, 0.6) is 0 Å². The molecule has 0 saturated heterocycles. The first-order valence-corrected chi connectivity index (χ1v) is 9.22. The maximum absolute atomic E-state index is 11.9. The lowest BCUT2D eigenvalue weighted by atomic mass is 10.1. The Morgan fingerprint density at radius 1 is 1.30 bits per heavy atom. The fourth-order valence-corrected chi connectivity index (χ4v) is 2.93. The van der Waals surface area contributed by atoms with Crippen LogP contribution in [0.1, 0.15) is 25.0 Å². The Kier molecular flexibility index (Phi) is 6.32. The molecule has 6 nitrogen and oxygen atoms in total. The van der Waals surface area contributed by atoms with Crippen molar-refractivity contribution in [2.24, 2.45) is 0 Å². The summed E-state index contributed by atoms with van der Waals surface area (Å²) in [5.41, 5.74) is 2.03. The number of imidazole rings is 1. The van der Waals surface area contributed by atoms with Gasteiger partial charge in [0, 0.05) is 25.5 Å². The molecule has 1 heterocycles. The summed E-state index contributed by atoms with van der Waals surface area (Å²) in [6.45, 7) is 4.95. The molecule has 1 aromatic heterocycles. The maximum atomic E-state index is 11.9. The second kappa shape index (κ2) is 8.24. The van der Waals surface area contributed by atoms with Crippen LogP contribution >= 0.6 is 0 Å². The fraction of sp³-hybridized carbons (Fsp3) is 0.438. The van der Waals surface area contributed by atoms with E-state index in [4.69, 9.17) is 4.74 Å². The first-order valence-electron chi connectivity index (χ1n) is 7.57. The molecule has 1 N–H and O–H groups in total. The van der Waals surface area contributed by atoms with Crippen molar-refractivity contribution in [3.8, 4) is 0 Å². The second-order valence-corrected chi connectivity index (χ2v) is 7.54. The van der Waals surface area contributed by atoms with Crippen molar-refractivity contribution >= 4 is 10.0 Å². The lowest BCUT2D eigenvalue weighted by Crippen LogP contribution is -2.28. The van der Waals surface area contributed by atoms with Gasteiger partial charge in [-0.1, -0.05) is 24.3 Å². The highest BCUT2D eigenvalue weighted by atomic mass is 32.2. The Morgan fingerprint density at radius 2 is 2.09 bits per heavy atom. The molecule has 0 amide bonds. The molecule has 2 aromatic rings. The molecule has 0 spiro atoms. The van der Waals surface area contributed by atoms with Gasteiger partial charge in [-0.15, -0.1) is 0 Å². The maximum Gasteiger partial charge on any atom is 0.214 e. The Balaban J connectivity index is 1.87. The molecule has 0 radical (unpaired) electrons. The zero-order valence-electron chi connectivity index (χ0n) is 13.5. The van der Waals surface area contributed by atoms with Gasteiger partial charge < -0.3 is 9.30 Å². The number of benzene rings is 1. The average Bonchev–Trinajstić information content (AvgIpc) is 2.98. The number of hydrogen-bond acceptors (Lipinski definition) is 4. The molecule has 1 aromatic carbocycles. The first-order chi connectivity index (χ1) is 10.9. The van der Waals surface area contributed by atoms with Crippen LogP contribution in [0.15, 0.2) is 43.0 Å². The molecule has 0 aliphatic carbocycles. The third-order valence-corrected chi connectivity index (χ3v) is 4.50. The molecule has 0 unspecified atom stereocenters. The lowest BCUT2D eigenvalue weighted by molar-refractivity contribution is 0.0911. The van der Waals surface area contributed by atoms with E-state index in [1.807, 2.05) is 48.9 Å². The smallest absolute Gasteiger partial charge is 0.214 e. The molecule has 0 saturated carbocycles. The zero-order chi connectivity index (χ0) is 16.7. The average molecular weight is 337 g/mol. The summed E-state index contributed by atoms with van der Waals surface area (Å²) < 4.78 is 33.7. The van der Waals surface area contributed by atoms with Crippen molar-refractivity contribution in [2.45, 2.75) is 33.0 Å². The number of ether oxygens (including phenoxy) is 1.